The van der Waals surface area contributed by atoms with Crippen LogP contribution in [-0.2, 0) is 39.8 Å². The van der Waals surface area contributed by atoms with Gasteiger partial charge in [-0.15, -0.1) is 0 Å². The standard InChI is InChI=1S/C34H28N2O8S4/c37-26(16-20-8-3-1-4-9-20)43-24-13-7-12-22-17-33-31(40)36-28-23(18-34(36,46-48-47-45-33)32(41)35(33)27(22)24)19-42-15-14-25(28)44-30(39)29(38)21-10-5-2-6-11-21/h1-15,19,24-25,27-29,38H,16-18H2/t24-,25-,27-,28-,29+,33+,34+/m0/s1. The van der Waals surface area contributed by atoms with Crippen molar-refractivity contribution in [2.24, 2.45) is 0 Å². The number of aliphatic hydroxyl groups excluding tert-OH is 1. The molecule has 0 saturated carbocycles. The van der Waals surface area contributed by atoms with E-state index < -0.39 is 52.1 Å². The number of carbonyl (C=O) groups is 4. The van der Waals surface area contributed by atoms with Gasteiger partial charge in [0.15, 0.2) is 15.8 Å². The molecule has 2 bridgehead atoms. The van der Waals surface area contributed by atoms with Crippen LogP contribution < -0.4 is 0 Å². The smallest absolute Gasteiger partial charge is 0.340 e. The molecular formula is C34H28N2O8S4. The van der Waals surface area contributed by atoms with Crippen molar-refractivity contribution in [1.82, 2.24) is 9.80 Å². The van der Waals surface area contributed by atoms with Crippen LogP contribution in [-0.4, -0.2) is 72.7 Å². The highest BCUT2D eigenvalue weighted by atomic mass is 33.7. The average molecular weight is 721 g/mol. The molecule has 1 aliphatic carbocycles. The van der Waals surface area contributed by atoms with Gasteiger partial charge in [-0.2, -0.15) is 0 Å². The van der Waals surface area contributed by atoms with E-state index in [0.717, 1.165) is 11.1 Å². The van der Waals surface area contributed by atoms with Gasteiger partial charge in [0, 0.05) is 12.8 Å². The molecule has 9 rings (SSSR count). The van der Waals surface area contributed by atoms with Crippen LogP contribution in [0.15, 0.2) is 109 Å². The molecule has 5 saturated heterocycles. The van der Waals surface area contributed by atoms with Crippen LogP contribution in [0.5, 0.6) is 0 Å². The molecule has 6 aliphatic heterocycles. The zero-order valence-electron chi connectivity index (χ0n) is 25.1. The van der Waals surface area contributed by atoms with E-state index in [0.29, 0.717) is 11.1 Å². The van der Waals surface area contributed by atoms with Crippen molar-refractivity contribution >= 4 is 65.0 Å². The summed E-state index contributed by atoms with van der Waals surface area (Å²) in [5, 5.41) is 10.8. The van der Waals surface area contributed by atoms with E-state index in [9.17, 15) is 14.7 Å². The molecule has 14 heteroatoms. The van der Waals surface area contributed by atoms with E-state index in [1.165, 1.54) is 59.8 Å². The second-order valence-corrected chi connectivity index (χ2v) is 18.3. The molecular weight excluding hydrogens is 693 g/mol. The van der Waals surface area contributed by atoms with Crippen LogP contribution in [0.1, 0.15) is 30.1 Å². The summed E-state index contributed by atoms with van der Waals surface area (Å²) in [4.78, 5) is 57.1. The second-order valence-electron chi connectivity index (χ2n) is 12.1. The van der Waals surface area contributed by atoms with Crippen molar-refractivity contribution in [2.75, 3.05) is 0 Å². The lowest BCUT2D eigenvalue weighted by Gasteiger charge is -2.55. The second kappa shape index (κ2) is 12.4. The molecule has 0 unspecified atom stereocenters. The lowest BCUT2D eigenvalue weighted by molar-refractivity contribution is -0.173. The van der Waals surface area contributed by atoms with Gasteiger partial charge in [0.1, 0.15) is 12.2 Å². The lowest BCUT2D eigenvalue weighted by atomic mass is 9.96. The summed E-state index contributed by atoms with van der Waals surface area (Å²) in [6.07, 6.45) is 6.99. The number of allylic oxidation sites excluding steroid dienone is 2. The van der Waals surface area contributed by atoms with E-state index >= 15 is 9.59 Å². The Morgan fingerprint density at radius 1 is 0.854 bits per heavy atom. The summed E-state index contributed by atoms with van der Waals surface area (Å²) < 4.78 is 17.6. The molecule has 10 nitrogen and oxygen atoms in total. The minimum atomic E-state index is -1.54. The molecule has 7 aliphatic rings. The van der Waals surface area contributed by atoms with E-state index in [1.54, 1.807) is 46.2 Å². The number of amides is 2. The van der Waals surface area contributed by atoms with E-state index in [1.807, 2.05) is 42.5 Å². The fourth-order valence-corrected chi connectivity index (χ4v) is 15.0. The number of piperazine rings is 1. The van der Waals surface area contributed by atoms with E-state index in [2.05, 4.69) is 0 Å². The number of aliphatic hydroxyl groups is 1. The number of rotatable bonds is 6. The first-order chi connectivity index (χ1) is 23.3. The first kappa shape index (κ1) is 31.7. The summed E-state index contributed by atoms with van der Waals surface area (Å²) in [6.45, 7) is 0. The monoisotopic (exact) mass is 720 g/mol. The highest BCUT2D eigenvalue weighted by Crippen LogP contribution is 2.69. The van der Waals surface area contributed by atoms with Gasteiger partial charge in [-0.05, 0) is 75.7 Å². The molecule has 0 aromatic heterocycles. The molecule has 0 radical (unpaired) electrons. The first-order valence-electron chi connectivity index (χ1n) is 15.3. The number of hydrogen-bond acceptors (Lipinski definition) is 12. The molecule has 2 spiro atoms. The summed E-state index contributed by atoms with van der Waals surface area (Å²) in [5.41, 5.74) is 2.62. The molecule has 48 heavy (non-hydrogen) atoms. The Morgan fingerprint density at radius 3 is 2.15 bits per heavy atom. The molecule has 246 valence electrons. The summed E-state index contributed by atoms with van der Waals surface area (Å²) in [6, 6.07) is 16.2. The molecule has 1 N–H and O–H groups in total. The largest absolute Gasteiger partial charge is 0.473 e. The molecule has 6 heterocycles. The number of benzene rings is 2. The third kappa shape index (κ3) is 5.02. The number of hydrogen-bond donors (Lipinski definition) is 1. The normalized spacial score (nSPS) is 31.9. The number of esters is 2. The molecule has 2 aromatic carbocycles. The van der Waals surface area contributed by atoms with Crippen molar-refractivity contribution in [3.63, 3.8) is 0 Å². The van der Waals surface area contributed by atoms with Gasteiger partial charge in [-0.3, -0.25) is 14.4 Å². The van der Waals surface area contributed by atoms with Crippen molar-refractivity contribution < 1.29 is 38.5 Å². The quantitative estimate of drug-likeness (QED) is 0.319. The maximum atomic E-state index is 15.1. The van der Waals surface area contributed by atoms with Crippen molar-refractivity contribution in [3.8, 4) is 0 Å². The fourth-order valence-electron chi connectivity index (χ4n) is 7.25. The summed E-state index contributed by atoms with van der Waals surface area (Å²) in [7, 11) is 5.45. The van der Waals surface area contributed by atoms with E-state index in [-0.39, 0.29) is 31.1 Å². The topological polar surface area (TPSA) is 123 Å². The zero-order chi connectivity index (χ0) is 33.0. The van der Waals surface area contributed by atoms with Gasteiger partial charge in [-0.25, -0.2) is 4.79 Å². The van der Waals surface area contributed by atoms with Crippen LogP contribution in [0, 0.1) is 0 Å². The molecule has 2 amide bonds. The van der Waals surface area contributed by atoms with Crippen LogP contribution in [0.3, 0.4) is 0 Å². The number of carbonyl (C=O) groups excluding carboxylic acids is 4. The predicted molar refractivity (Wildman–Crippen MR) is 183 cm³/mol. The maximum Gasteiger partial charge on any atom is 0.340 e. The summed E-state index contributed by atoms with van der Waals surface area (Å²) in [5.74, 6) is -1.90. The first-order valence-corrected chi connectivity index (χ1v) is 20.1. The van der Waals surface area contributed by atoms with Crippen molar-refractivity contribution in [2.45, 2.75) is 59.4 Å². The van der Waals surface area contributed by atoms with E-state index in [4.69, 9.17) is 14.2 Å². The number of nitrogens with zero attached hydrogens (tertiary/aromatic N) is 2. The van der Waals surface area contributed by atoms with Gasteiger partial charge in [-0.1, -0.05) is 72.8 Å². The molecule has 2 aromatic rings. The third-order valence-corrected chi connectivity index (χ3v) is 16.5. The highest BCUT2D eigenvalue weighted by molar-refractivity contribution is 9.26. The minimum Gasteiger partial charge on any atom is -0.473 e. The minimum absolute atomic E-state index is 0.0756. The predicted octanol–water partition coefficient (Wildman–Crippen LogP) is 5.01. The van der Waals surface area contributed by atoms with Gasteiger partial charge in [0.05, 0.1) is 31.0 Å². The number of ether oxygens (including phenoxy) is 3. The Kier molecular flexibility index (Phi) is 8.19. The van der Waals surface area contributed by atoms with Gasteiger partial charge >= 0.3 is 11.9 Å². The number of fused-ring (bicyclic) bond motifs is 5. The Hall–Kier alpha value is -3.56. The Bertz CT molecular complexity index is 1800. The zero-order valence-corrected chi connectivity index (χ0v) is 28.3. The summed E-state index contributed by atoms with van der Waals surface area (Å²) >= 11 is 0. The average Bonchev–Trinajstić information content (AvgIpc) is 3.54. The Morgan fingerprint density at radius 2 is 1.46 bits per heavy atom. The van der Waals surface area contributed by atoms with Crippen LogP contribution >= 0.6 is 41.2 Å². The van der Waals surface area contributed by atoms with Crippen LogP contribution in [0.2, 0.25) is 0 Å². The van der Waals surface area contributed by atoms with Crippen LogP contribution in [0.4, 0.5) is 0 Å². The Balaban J connectivity index is 1.13. The molecule has 5 fully saturated rings. The van der Waals surface area contributed by atoms with Gasteiger partial charge < -0.3 is 29.1 Å². The van der Waals surface area contributed by atoms with Crippen molar-refractivity contribution in [3.05, 3.63) is 120 Å². The SMILES string of the molecule is O=C(Cc1ccccc1)O[C@H]1C=CC=C2C[C@@]34SSSS[C@]5(CC6=COC=C[C@H](OC(=O)[C@H](O)c7ccccc7)[C@H]6N5C3=O)C(=O)N4[C@@H]21. The third-order valence-electron chi connectivity index (χ3n) is 9.31. The van der Waals surface area contributed by atoms with Crippen molar-refractivity contribution in [1.29, 1.82) is 0 Å². The van der Waals surface area contributed by atoms with Gasteiger partial charge in [0.2, 0.25) is 0 Å². The maximum absolute atomic E-state index is 15.1. The lowest BCUT2D eigenvalue weighted by Crippen LogP contribution is -2.74. The van der Waals surface area contributed by atoms with Gasteiger partial charge in [0.25, 0.3) is 11.8 Å². The highest BCUT2D eigenvalue weighted by Gasteiger charge is 2.75. The van der Waals surface area contributed by atoms with Crippen LogP contribution in [0.25, 0.3) is 0 Å². The Labute approximate surface area is 291 Å². The molecule has 7 atom stereocenters. The fraction of sp³-hybridized carbons (Fsp3) is 0.294.